The molecule has 3 heteroatoms. The number of allylic oxidation sites excluding steroid dienone is 1. The maximum absolute atomic E-state index is 8.53. The van der Waals surface area contributed by atoms with Gasteiger partial charge in [0.05, 0.1) is 11.6 Å². The molecule has 2 aliphatic rings. The number of benzene rings is 1. The van der Waals surface area contributed by atoms with Crippen molar-refractivity contribution in [1.29, 1.82) is 5.41 Å². The van der Waals surface area contributed by atoms with Crippen molar-refractivity contribution in [3.8, 4) is 0 Å². The lowest BCUT2D eigenvalue weighted by Gasteiger charge is -2.37. The van der Waals surface area contributed by atoms with E-state index in [0.717, 1.165) is 17.0 Å². The van der Waals surface area contributed by atoms with Crippen LogP contribution in [0.3, 0.4) is 0 Å². The van der Waals surface area contributed by atoms with Crippen molar-refractivity contribution in [3.63, 3.8) is 0 Å². The molecule has 0 radical (unpaired) electrons. The van der Waals surface area contributed by atoms with Crippen LogP contribution in [0, 0.1) is 25.2 Å². The summed E-state index contributed by atoms with van der Waals surface area (Å²) in [6.45, 7) is 8.29. The van der Waals surface area contributed by atoms with Crippen molar-refractivity contribution in [1.82, 2.24) is 0 Å². The fourth-order valence-electron chi connectivity index (χ4n) is 3.19. The van der Waals surface area contributed by atoms with Crippen molar-refractivity contribution < 1.29 is 0 Å². The van der Waals surface area contributed by atoms with E-state index < -0.39 is 0 Å². The lowest BCUT2D eigenvalue weighted by molar-refractivity contribution is 0.630. The number of hydrogen-bond donors (Lipinski definition) is 2. The number of anilines is 1. The number of aliphatic imine (C=N–C) groups is 1. The Labute approximate surface area is 114 Å². The largest absolute Gasteiger partial charge is 0.362 e. The smallest absolute Gasteiger partial charge is 0.131 e. The van der Waals surface area contributed by atoms with E-state index >= 15 is 0 Å². The van der Waals surface area contributed by atoms with Crippen molar-refractivity contribution in [2.24, 2.45) is 10.9 Å². The van der Waals surface area contributed by atoms with Gasteiger partial charge in [0.1, 0.15) is 6.17 Å². The Balaban J connectivity index is 2.16. The molecule has 3 nitrogen and oxygen atoms in total. The molecule has 2 atom stereocenters. The van der Waals surface area contributed by atoms with Crippen LogP contribution in [0.4, 0.5) is 5.69 Å². The molecule has 0 amide bonds. The lowest BCUT2D eigenvalue weighted by Crippen LogP contribution is -2.41. The average molecular weight is 253 g/mol. The Morgan fingerprint density at radius 3 is 2.63 bits per heavy atom. The molecule has 2 aliphatic heterocycles. The highest BCUT2D eigenvalue weighted by molar-refractivity contribution is 6.10. The van der Waals surface area contributed by atoms with Crippen molar-refractivity contribution >= 4 is 17.1 Å². The first-order valence-corrected chi connectivity index (χ1v) is 6.66. The number of hydrogen-bond acceptors (Lipinski definition) is 3. The second-order valence-corrected chi connectivity index (χ2v) is 5.64. The first-order valence-electron chi connectivity index (χ1n) is 6.66. The summed E-state index contributed by atoms with van der Waals surface area (Å²) in [7, 11) is 0. The second kappa shape index (κ2) is 4.05. The fourth-order valence-corrected chi connectivity index (χ4v) is 3.19. The highest BCUT2D eigenvalue weighted by Crippen LogP contribution is 2.37. The van der Waals surface area contributed by atoms with Gasteiger partial charge in [0.15, 0.2) is 0 Å². The standard InChI is InChI=1S/C16H19N3/c1-8-5-10(3)15-12(6-8)14(17)13-9(2)7-11(4)18-16(13)19-15/h5-7,13,16-17,19H,1-4H3/t13-,16+/m0/s1. The molecule has 98 valence electrons. The monoisotopic (exact) mass is 253 g/mol. The van der Waals surface area contributed by atoms with Crippen LogP contribution >= 0.6 is 0 Å². The molecule has 19 heavy (non-hydrogen) atoms. The van der Waals surface area contributed by atoms with Gasteiger partial charge in [-0.25, -0.2) is 0 Å². The molecule has 0 aromatic heterocycles. The van der Waals surface area contributed by atoms with E-state index in [4.69, 9.17) is 5.41 Å². The highest BCUT2D eigenvalue weighted by atomic mass is 15.1. The molecule has 0 fully saturated rings. The average Bonchev–Trinajstić information content (AvgIpc) is 2.30. The van der Waals surface area contributed by atoms with E-state index in [0.29, 0.717) is 5.71 Å². The first-order chi connectivity index (χ1) is 8.97. The van der Waals surface area contributed by atoms with Gasteiger partial charge in [-0.1, -0.05) is 17.2 Å². The summed E-state index contributed by atoms with van der Waals surface area (Å²) in [5.74, 6) is 0.0670. The van der Waals surface area contributed by atoms with Gasteiger partial charge < -0.3 is 10.7 Å². The predicted molar refractivity (Wildman–Crippen MR) is 80.5 cm³/mol. The summed E-state index contributed by atoms with van der Waals surface area (Å²) in [6, 6.07) is 4.26. The summed E-state index contributed by atoms with van der Waals surface area (Å²) in [4.78, 5) is 4.66. The summed E-state index contributed by atoms with van der Waals surface area (Å²) in [6.07, 6.45) is 2.07. The Morgan fingerprint density at radius 1 is 1.16 bits per heavy atom. The molecule has 0 saturated heterocycles. The van der Waals surface area contributed by atoms with Crippen LogP contribution in [0.1, 0.15) is 30.5 Å². The van der Waals surface area contributed by atoms with Gasteiger partial charge in [-0.05, 0) is 45.4 Å². The molecule has 0 aliphatic carbocycles. The van der Waals surface area contributed by atoms with E-state index in [2.05, 4.69) is 49.3 Å². The third-order valence-electron chi connectivity index (χ3n) is 3.96. The molecule has 0 unspecified atom stereocenters. The van der Waals surface area contributed by atoms with E-state index in [1.807, 2.05) is 6.92 Å². The number of fused-ring (bicyclic) bond motifs is 2. The minimum atomic E-state index is -0.0218. The summed E-state index contributed by atoms with van der Waals surface area (Å²) in [5.41, 5.74) is 7.45. The van der Waals surface area contributed by atoms with Gasteiger partial charge in [-0.15, -0.1) is 0 Å². The summed E-state index contributed by atoms with van der Waals surface area (Å²) < 4.78 is 0. The number of aryl methyl sites for hydroxylation is 2. The van der Waals surface area contributed by atoms with Crippen LogP contribution in [0.15, 0.2) is 28.8 Å². The topological polar surface area (TPSA) is 48.2 Å². The van der Waals surface area contributed by atoms with Crippen molar-refractivity contribution in [3.05, 3.63) is 40.5 Å². The van der Waals surface area contributed by atoms with Gasteiger partial charge in [0.25, 0.3) is 0 Å². The Bertz CT molecular complexity index is 638. The quantitative estimate of drug-likeness (QED) is 0.731. The van der Waals surface area contributed by atoms with Crippen LogP contribution in [0.5, 0.6) is 0 Å². The maximum Gasteiger partial charge on any atom is 0.131 e. The molecular weight excluding hydrogens is 234 g/mol. The Hall–Kier alpha value is -1.90. The normalized spacial score (nSPS) is 24.9. The van der Waals surface area contributed by atoms with E-state index in [-0.39, 0.29) is 12.1 Å². The van der Waals surface area contributed by atoms with E-state index in [9.17, 15) is 0 Å². The van der Waals surface area contributed by atoms with Crippen molar-refractivity contribution in [2.75, 3.05) is 5.32 Å². The van der Waals surface area contributed by atoms with Gasteiger partial charge in [0, 0.05) is 17.0 Å². The Kier molecular flexibility index (Phi) is 2.59. The molecule has 1 aromatic rings. The third-order valence-corrected chi connectivity index (χ3v) is 3.96. The SMILES string of the molecule is CC1=CC(C)=N[C@@H]2Nc3c(C)cc(C)cc3C(=N)[C@H]12. The third kappa shape index (κ3) is 1.81. The summed E-state index contributed by atoms with van der Waals surface area (Å²) >= 11 is 0. The fraction of sp³-hybridized carbons (Fsp3) is 0.375. The predicted octanol–water partition coefficient (Wildman–Crippen LogP) is 3.46. The van der Waals surface area contributed by atoms with Crippen LogP contribution in [0.2, 0.25) is 0 Å². The molecule has 2 N–H and O–H groups in total. The van der Waals surface area contributed by atoms with Crippen LogP contribution in [-0.2, 0) is 0 Å². The zero-order valence-electron chi connectivity index (χ0n) is 11.8. The number of nitrogens with zero attached hydrogens (tertiary/aromatic N) is 1. The zero-order chi connectivity index (χ0) is 13.7. The molecule has 3 rings (SSSR count). The minimum absolute atomic E-state index is 0.0218. The molecule has 2 heterocycles. The first kappa shape index (κ1) is 12.2. The van der Waals surface area contributed by atoms with Gasteiger partial charge >= 0.3 is 0 Å². The van der Waals surface area contributed by atoms with Gasteiger partial charge in [-0.3, -0.25) is 4.99 Å². The van der Waals surface area contributed by atoms with Crippen LogP contribution in [-0.4, -0.2) is 17.6 Å². The summed E-state index contributed by atoms with van der Waals surface area (Å²) in [5, 5.41) is 12.1. The van der Waals surface area contributed by atoms with Gasteiger partial charge in [-0.2, -0.15) is 0 Å². The van der Waals surface area contributed by atoms with Crippen LogP contribution < -0.4 is 5.32 Å². The molecule has 0 bridgehead atoms. The number of dihydropyridines is 1. The number of rotatable bonds is 0. The second-order valence-electron chi connectivity index (χ2n) is 5.64. The molecule has 1 aromatic carbocycles. The lowest BCUT2D eigenvalue weighted by atomic mass is 9.81. The minimum Gasteiger partial charge on any atom is -0.362 e. The zero-order valence-corrected chi connectivity index (χ0v) is 11.8. The molecule has 0 saturated carbocycles. The van der Waals surface area contributed by atoms with E-state index in [1.165, 1.54) is 16.7 Å². The molecular formula is C16H19N3. The number of nitrogens with one attached hydrogen (secondary N) is 2. The highest BCUT2D eigenvalue weighted by Gasteiger charge is 2.36. The Morgan fingerprint density at radius 2 is 1.89 bits per heavy atom. The molecule has 0 spiro atoms. The van der Waals surface area contributed by atoms with E-state index in [1.54, 1.807) is 0 Å². The van der Waals surface area contributed by atoms with Gasteiger partial charge in [0.2, 0.25) is 0 Å². The van der Waals surface area contributed by atoms with Crippen molar-refractivity contribution in [2.45, 2.75) is 33.9 Å². The van der Waals surface area contributed by atoms with Crippen LogP contribution in [0.25, 0.3) is 0 Å². The maximum atomic E-state index is 8.53.